The van der Waals surface area contributed by atoms with Crippen molar-refractivity contribution < 1.29 is 4.74 Å². The quantitative estimate of drug-likeness (QED) is 0.878. The molecule has 3 heteroatoms. The Morgan fingerprint density at radius 3 is 2.57 bits per heavy atom. The monoisotopic (exact) mass is 301 g/mol. The van der Waals surface area contributed by atoms with Crippen molar-refractivity contribution in [1.82, 2.24) is 5.32 Å². The van der Waals surface area contributed by atoms with Gasteiger partial charge >= 0.3 is 0 Å². The van der Waals surface area contributed by atoms with Crippen LogP contribution in [-0.2, 0) is 0 Å². The van der Waals surface area contributed by atoms with Crippen LogP contribution in [0.1, 0.15) is 35.6 Å². The summed E-state index contributed by atoms with van der Waals surface area (Å²) in [5.74, 6) is 0.959. The van der Waals surface area contributed by atoms with E-state index in [2.05, 4.69) is 35.6 Å². The van der Waals surface area contributed by atoms with Crippen LogP contribution in [0.2, 0.25) is 5.02 Å². The molecule has 1 saturated carbocycles. The van der Waals surface area contributed by atoms with Gasteiger partial charge in [0.25, 0.3) is 0 Å². The maximum atomic E-state index is 6.12. The van der Waals surface area contributed by atoms with Crippen molar-refractivity contribution in [1.29, 1.82) is 0 Å². The largest absolute Gasteiger partial charge is 0.490 e. The standard InChI is InChI=1S/C18H20ClNO/c1-12-10-14(6-9-17(12)19)18(20-2)13-4-3-5-16(11-13)21-15-7-8-15/h3-6,9-11,15,18,20H,7-8H2,1-2H3. The molecule has 0 saturated heterocycles. The van der Waals surface area contributed by atoms with Gasteiger partial charge in [-0.15, -0.1) is 0 Å². The van der Waals surface area contributed by atoms with Crippen molar-refractivity contribution >= 4 is 11.6 Å². The molecule has 1 fully saturated rings. The molecule has 1 atom stereocenters. The van der Waals surface area contributed by atoms with Gasteiger partial charge in [0.05, 0.1) is 12.1 Å². The number of ether oxygens (including phenoxy) is 1. The Morgan fingerprint density at radius 1 is 1.14 bits per heavy atom. The van der Waals surface area contributed by atoms with Crippen LogP contribution in [0.3, 0.4) is 0 Å². The number of aryl methyl sites for hydroxylation is 1. The first-order valence-electron chi connectivity index (χ1n) is 7.37. The Bertz CT molecular complexity index is 637. The smallest absolute Gasteiger partial charge is 0.120 e. The van der Waals surface area contributed by atoms with Gasteiger partial charge in [0.2, 0.25) is 0 Å². The highest BCUT2D eigenvalue weighted by molar-refractivity contribution is 6.31. The van der Waals surface area contributed by atoms with Gasteiger partial charge in [-0.25, -0.2) is 0 Å². The second-order valence-corrected chi connectivity index (χ2v) is 6.03. The summed E-state index contributed by atoms with van der Waals surface area (Å²) in [7, 11) is 1.98. The van der Waals surface area contributed by atoms with Crippen molar-refractivity contribution in [2.75, 3.05) is 7.05 Å². The van der Waals surface area contributed by atoms with Crippen LogP contribution < -0.4 is 10.1 Å². The van der Waals surface area contributed by atoms with Crippen molar-refractivity contribution in [3.05, 3.63) is 64.2 Å². The molecule has 2 nitrogen and oxygen atoms in total. The lowest BCUT2D eigenvalue weighted by Crippen LogP contribution is -2.17. The Hall–Kier alpha value is -1.51. The highest BCUT2D eigenvalue weighted by Gasteiger charge is 2.23. The van der Waals surface area contributed by atoms with E-state index >= 15 is 0 Å². The molecular formula is C18H20ClNO. The third-order valence-electron chi connectivity index (χ3n) is 3.82. The van der Waals surface area contributed by atoms with Crippen LogP contribution in [0.15, 0.2) is 42.5 Å². The summed E-state index contributed by atoms with van der Waals surface area (Å²) >= 11 is 6.12. The molecule has 0 bridgehead atoms. The Morgan fingerprint density at radius 2 is 1.90 bits per heavy atom. The summed E-state index contributed by atoms with van der Waals surface area (Å²) in [6, 6.07) is 14.7. The molecule has 1 unspecified atom stereocenters. The van der Waals surface area contributed by atoms with Crippen molar-refractivity contribution in [2.45, 2.75) is 31.9 Å². The zero-order valence-electron chi connectivity index (χ0n) is 12.4. The molecule has 0 amide bonds. The Labute approximate surface area is 131 Å². The lowest BCUT2D eigenvalue weighted by molar-refractivity contribution is 0.302. The predicted molar refractivity (Wildman–Crippen MR) is 87.2 cm³/mol. The van der Waals surface area contributed by atoms with Gasteiger partial charge in [0.15, 0.2) is 0 Å². The molecule has 2 aromatic carbocycles. The molecule has 1 aliphatic carbocycles. The molecule has 0 spiro atoms. The molecular weight excluding hydrogens is 282 g/mol. The van der Waals surface area contributed by atoms with E-state index in [9.17, 15) is 0 Å². The van der Waals surface area contributed by atoms with Gasteiger partial charge in [-0.2, -0.15) is 0 Å². The van der Waals surface area contributed by atoms with Crippen molar-refractivity contribution in [2.24, 2.45) is 0 Å². The molecule has 1 aliphatic rings. The second-order valence-electron chi connectivity index (χ2n) is 5.62. The van der Waals surface area contributed by atoms with Crippen LogP contribution in [0.25, 0.3) is 0 Å². The third-order valence-corrected chi connectivity index (χ3v) is 4.25. The van der Waals surface area contributed by atoms with Crippen molar-refractivity contribution in [3.8, 4) is 5.75 Å². The van der Waals surface area contributed by atoms with E-state index in [1.54, 1.807) is 0 Å². The number of hydrogen-bond donors (Lipinski definition) is 1. The number of halogens is 1. The predicted octanol–water partition coefficient (Wildman–Crippen LogP) is 4.50. The fraction of sp³-hybridized carbons (Fsp3) is 0.333. The van der Waals surface area contributed by atoms with E-state index < -0.39 is 0 Å². The number of rotatable bonds is 5. The first-order chi connectivity index (χ1) is 10.2. The zero-order valence-corrected chi connectivity index (χ0v) is 13.2. The summed E-state index contributed by atoms with van der Waals surface area (Å²) in [6.45, 7) is 2.03. The van der Waals surface area contributed by atoms with Crippen LogP contribution in [0.4, 0.5) is 0 Å². The third kappa shape index (κ3) is 3.39. The minimum atomic E-state index is 0.142. The van der Waals surface area contributed by atoms with Gasteiger partial charge in [0.1, 0.15) is 5.75 Å². The normalized spacial score (nSPS) is 15.8. The van der Waals surface area contributed by atoms with E-state index in [1.165, 1.54) is 24.0 Å². The maximum Gasteiger partial charge on any atom is 0.120 e. The summed E-state index contributed by atoms with van der Waals surface area (Å²) in [5.41, 5.74) is 3.51. The van der Waals surface area contributed by atoms with E-state index in [-0.39, 0.29) is 6.04 Å². The summed E-state index contributed by atoms with van der Waals surface area (Å²) in [4.78, 5) is 0. The maximum absolute atomic E-state index is 6.12. The van der Waals surface area contributed by atoms with E-state index in [0.29, 0.717) is 6.10 Å². The summed E-state index contributed by atoms with van der Waals surface area (Å²) in [5, 5.41) is 4.18. The van der Waals surface area contributed by atoms with E-state index in [1.807, 2.05) is 26.1 Å². The fourth-order valence-electron chi connectivity index (χ4n) is 2.52. The first kappa shape index (κ1) is 14.4. The first-order valence-corrected chi connectivity index (χ1v) is 7.75. The van der Waals surface area contributed by atoms with E-state index in [4.69, 9.17) is 16.3 Å². The second kappa shape index (κ2) is 6.08. The van der Waals surface area contributed by atoms with Gasteiger partial charge in [0, 0.05) is 5.02 Å². The average Bonchev–Trinajstić information content (AvgIpc) is 3.28. The number of benzene rings is 2. The minimum Gasteiger partial charge on any atom is -0.490 e. The van der Waals surface area contributed by atoms with Crippen LogP contribution >= 0.6 is 11.6 Å². The van der Waals surface area contributed by atoms with Gasteiger partial charge in [-0.05, 0) is 61.7 Å². The van der Waals surface area contributed by atoms with Crippen LogP contribution in [0.5, 0.6) is 5.75 Å². The minimum absolute atomic E-state index is 0.142. The van der Waals surface area contributed by atoms with Crippen LogP contribution in [0, 0.1) is 6.92 Å². The average molecular weight is 302 g/mol. The molecule has 110 valence electrons. The van der Waals surface area contributed by atoms with Gasteiger partial charge in [-0.1, -0.05) is 35.9 Å². The van der Waals surface area contributed by atoms with Gasteiger partial charge in [-0.3, -0.25) is 0 Å². The molecule has 1 N–H and O–H groups in total. The molecule has 21 heavy (non-hydrogen) atoms. The lowest BCUT2D eigenvalue weighted by atomic mass is 9.97. The van der Waals surface area contributed by atoms with Gasteiger partial charge < -0.3 is 10.1 Å². The Kier molecular flexibility index (Phi) is 4.18. The highest BCUT2D eigenvalue weighted by atomic mass is 35.5. The molecule has 3 rings (SSSR count). The SMILES string of the molecule is CNC(c1cccc(OC2CC2)c1)c1ccc(Cl)c(C)c1. The highest BCUT2D eigenvalue weighted by Crippen LogP contribution is 2.30. The zero-order chi connectivity index (χ0) is 14.8. The molecule has 0 radical (unpaired) electrons. The van der Waals surface area contributed by atoms with Crippen molar-refractivity contribution in [3.63, 3.8) is 0 Å². The summed E-state index contributed by atoms with van der Waals surface area (Å²) < 4.78 is 5.89. The topological polar surface area (TPSA) is 21.3 Å². The summed E-state index contributed by atoms with van der Waals surface area (Å²) in [6.07, 6.45) is 2.78. The van der Waals surface area contributed by atoms with E-state index in [0.717, 1.165) is 16.3 Å². The molecule has 0 aliphatic heterocycles. The molecule has 0 heterocycles. The number of hydrogen-bond acceptors (Lipinski definition) is 2. The fourth-order valence-corrected chi connectivity index (χ4v) is 2.64. The molecule has 0 aromatic heterocycles. The molecule has 2 aromatic rings. The van der Waals surface area contributed by atoms with Crippen LogP contribution in [-0.4, -0.2) is 13.2 Å². The Balaban J connectivity index is 1.89. The number of nitrogens with one attached hydrogen (secondary N) is 1. The lowest BCUT2D eigenvalue weighted by Gasteiger charge is -2.19.